The summed E-state index contributed by atoms with van der Waals surface area (Å²) in [6.07, 6.45) is 2.11. The fourth-order valence-electron chi connectivity index (χ4n) is 1.97. The zero-order valence-corrected chi connectivity index (χ0v) is 14.1. The first kappa shape index (κ1) is 18.2. The Hall–Kier alpha value is -2.16. The van der Waals surface area contributed by atoms with Gasteiger partial charge in [-0.1, -0.05) is 0 Å². The molecular weight excluding hydrogens is 332 g/mol. The van der Waals surface area contributed by atoms with E-state index in [9.17, 15) is 13.2 Å². The van der Waals surface area contributed by atoms with Crippen LogP contribution in [0.15, 0.2) is 52.0 Å². The van der Waals surface area contributed by atoms with E-state index in [-0.39, 0.29) is 17.3 Å². The standard InChI is InChI=1S/C16H20N2O5S/c1-22-10-3-9-18-24(20,21)15-7-5-13(6-8-15)16(19)17-12-14-4-2-11-23-14/h2,4-8,11,18H,3,9-10,12H2,1H3,(H,17,19). The lowest BCUT2D eigenvalue weighted by Crippen LogP contribution is -2.26. The molecule has 2 rings (SSSR count). The second-order valence-corrected chi connectivity index (χ2v) is 6.80. The first-order chi connectivity index (χ1) is 11.5. The molecule has 0 radical (unpaired) electrons. The van der Waals surface area contributed by atoms with Gasteiger partial charge < -0.3 is 14.5 Å². The molecule has 8 heteroatoms. The van der Waals surface area contributed by atoms with Crippen LogP contribution in [-0.2, 0) is 21.3 Å². The third-order valence-corrected chi connectivity index (χ3v) is 4.72. The molecule has 2 aromatic rings. The van der Waals surface area contributed by atoms with Gasteiger partial charge in [0.05, 0.1) is 17.7 Å². The largest absolute Gasteiger partial charge is 0.467 e. The van der Waals surface area contributed by atoms with Gasteiger partial charge in [0.25, 0.3) is 5.91 Å². The van der Waals surface area contributed by atoms with Crippen LogP contribution in [0.3, 0.4) is 0 Å². The molecule has 0 atom stereocenters. The van der Waals surface area contributed by atoms with Crippen LogP contribution in [0.5, 0.6) is 0 Å². The lowest BCUT2D eigenvalue weighted by Gasteiger charge is -2.08. The fraction of sp³-hybridized carbons (Fsp3) is 0.312. The van der Waals surface area contributed by atoms with Crippen LogP contribution in [0.25, 0.3) is 0 Å². The summed E-state index contributed by atoms with van der Waals surface area (Å²) < 4.78 is 36.7. The average Bonchev–Trinajstić information content (AvgIpc) is 3.10. The molecule has 0 fully saturated rings. The molecule has 0 aliphatic carbocycles. The zero-order chi connectivity index (χ0) is 17.4. The number of sulfonamides is 1. The minimum atomic E-state index is -3.58. The number of hydrogen-bond donors (Lipinski definition) is 2. The Morgan fingerprint density at radius 3 is 2.58 bits per heavy atom. The molecule has 0 spiro atoms. The van der Waals surface area contributed by atoms with E-state index in [1.807, 2.05) is 0 Å². The highest BCUT2D eigenvalue weighted by Gasteiger charge is 2.14. The monoisotopic (exact) mass is 352 g/mol. The predicted molar refractivity (Wildman–Crippen MR) is 88.0 cm³/mol. The van der Waals surface area contributed by atoms with E-state index in [0.29, 0.717) is 30.9 Å². The van der Waals surface area contributed by atoms with E-state index >= 15 is 0 Å². The Morgan fingerprint density at radius 2 is 1.96 bits per heavy atom. The first-order valence-corrected chi connectivity index (χ1v) is 8.90. The number of methoxy groups -OCH3 is 1. The van der Waals surface area contributed by atoms with E-state index in [4.69, 9.17) is 9.15 Å². The van der Waals surface area contributed by atoms with Crippen LogP contribution < -0.4 is 10.0 Å². The molecule has 0 bridgehead atoms. The van der Waals surface area contributed by atoms with E-state index in [1.165, 1.54) is 30.5 Å². The summed E-state index contributed by atoms with van der Waals surface area (Å²) in [5.74, 6) is 0.339. The average molecular weight is 352 g/mol. The minimum Gasteiger partial charge on any atom is -0.467 e. The summed E-state index contributed by atoms with van der Waals surface area (Å²) in [5.41, 5.74) is 0.375. The quantitative estimate of drug-likeness (QED) is 0.667. The van der Waals surface area contributed by atoms with Crippen molar-refractivity contribution in [2.24, 2.45) is 0 Å². The molecule has 0 unspecified atom stereocenters. The van der Waals surface area contributed by atoms with Crippen molar-refractivity contribution in [3.05, 3.63) is 54.0 Å². The number of hydrogen-bond acceptors (Lipinski definition) is 5. The summed E-state index contributed by atoms with van der Waals surface area (Å²) in [7, 11) is -2.02. The normalized spacial score (nSPS) is 11.4. The van der Waals surface area contributed by atoms with Crippen LogP contribution in [0.4, 0.5) is 0 Å². The molecule has 0 saturated heterocycles. The summed E-state index contributed by atoms with van der Waals surface area (Å²) >= 11 is 0. The maximum Gasteiger partial charge on any atom is 0.251 e. The maximum atomic E-state index is 12.1. The minimum absolute atomic E-state index is 0.113. The molecule has 0 aliphatic rings. The van der Waals surface area contributed by atoms with Crippen LogP contribution in [0.1, 0.15) is 22.5 Å². The summed E-state index contributed by atoms with van der Waals surface area (Å²) in [5, 5.41) is 2.70. The van der Waals surface area contributed by atoms with Crippen molar-refractivity contribution in [2.75, 3.05) is 20.3 Å². The van der Waals surface area contributed by atoms with Gasteiger partial charge in [-0.15, -0.1) is 0 Å². The first-order valence-electron chi connectivity index (χ1n) is 7.42. The van der Waals surface area contributed by atoms with Gasteiger partial charge in [-0.3, -0.25) is 4.79 Å². The van der Waals surface area contributed by atoms with E-state index in [2.05, 4.69) is 10.0 Å². The number of furan rings is 1. The van der Waals surface area contributed by atoms with E-state index < -0.39 is 10.0 Å². The van der Waals surface area contributed by atoms with Gasteiger partial charge in [-0.05, 0) is 42.8 Å². The van der Waals surface area contributed by atoms with Crippen molar-refractivity contribution in [3.63, 3.8) is 0 Å². The highest BCUT2D eigenvalue weighted by molar-refractivity contribution is 7.89. The number of nitrogens with one attached hydrogen (secondary N) is 2. The van der Waals surface area contributed by atoms with Crippen LogP contribution in [0, 0.1) is 0 Å². The molecule has 0 aliphatic heterocycles. The summed E-state index contributed by atoms with van der Waals surface area (Å²) in [6.45, 7) is 1.05. The molecule has 2 N–H and O–H groups in total. The van der Waals surface area contributed by atoms with Crippen molar-refractivity contribution in [2.45, 2.75) is 17.9 Å². The Morgan fingerprint density at radius 1 is 1.21 bits per heavy atom. The van der Waals surface area contributed by atoms with Crippen molar-refractivity contribution in [1.82, 2.24) is 10.0 Å². The second-order valence-electron chi connectivity index (χ2n) is 5.03. The smallest absolute Gasteiger partial charge is 0.251 e. The van der Waals surface area contributed by atoms with Gasteiger partial charge in [-0.2, -0.15) is 0 Å². The summed E-state index contributed by atoms with van der Waals surface area (Å²) in [4.78, 5) is 12.1. The molecule has 0 saturated carbocycles. The van der Waals surface area contributed by atoms with Crippen LogP contribution in [0.2, 0.25) is 0 Å². The van der Waals surface area contributed by atoms with Gasteiger partial charge in [0.2, 0.25) is 10.0 Å². The highest BCUT2D eigenvalue weighted by atomic mass is 32.2. The van der Waals surface area contributed by atoms with Crippen molar-refractivity contribution in [3.8, 4) is 0 Å². The number of rotatable bonds is 9. The summed E-state index contributed by atoms with van der Waals surface area (Å²) in [6, 6.07) is 9.25. The van der Waals surface area contributed by atoms with Crippen molar-refractivity contribution in [1.29, 1.82) is 0 Å². The van der Waals surface area contributed by atoms with Gasteiger partial charge in [0.1, 0.15) is 5.76 Å². The number of amides is 1. The topological polar surface area (TPSA) is 97.6 Å². The van der Waals surface area contributed by atoms with E-state index in [1.54, 1.807) is 19.2 Å². The Kier molecular flexibility index (Phi) is 6.53. The van der Waals surface area contributed by atoms with E-state index in [0.717, 1.165) is 0 Å². The molecule has 1 amide bonds. The fourth-order valence-corrected chi connectivity index (χ4v) is 3.05. The Labute approximate surface area is 141 Å². The lowest BCUT2D eigenvalue weighted by atomic mass is 10.2. The number of carbonyl (C=O) groups excluding carboxylic acids is 1. The zero-order valence-electron chi connectivity index (χ0n) is 13.3. The highest BCUT2D eigenvalue weighted by Crippen LogP contribution is 2.11. The molecular formula is C16H20N2O5S. The SMILES string of the molecule is COCCCNS(=O)(=O)c1ccc(C(=O)NCc2ccco2)cc1. The van der Waals surface area contributed by atoms with Gasteiger partial charge in [0, 0.05) is 25.8 Å². The van der Waals surface area contributed by atoms with Gasteiger partial charge in [0.15, 0.2) is 0 Å². The third kappa shape index (κ3) is 5.19. The third-order valence-electron chi connectivity index (χ3n) is 3.25. The molecule has 130 valence electrons. The molecule has 24 heavy (non-hydrogen) atoms. The Balaban J connectivity index is 1.92. The van der Waals surface area contributed by atoms with Crippen molar-refractivity contribution >= 4 is 15.9 Å². The number of ether oxygens (including phenoxy) is 1. The predicted octanol–water partition coefficient (Wildman–Crippen LogP) is 1.52. The second kappa shape index (κ2) is 8.62. The van der Waals surface area contributed by atoms with Gasteiger partial charge in [-0.25, -0.2) is 13.1 Å². The number of carbonyl (C=O) groups is 1. The van der Waals surface area contributed by atoms with Gasteiger partial charge >= 0.3 is 0 Å². The molecule has 1 aromatic heterocycles. The Bertz CT molecular complexity index is 739. The van der Waals surface area contributed by atoms with Crippen LogP contribution in [-0.4, -0.2) is 34.6 Å². The molecule has 1 aromatic carbocycles. The lowest BCUT2D eigenvalue weighted by molar-refractivity contribution is 0.0948. The van der Waals surface area contributed by atoms with Crippen LogP contribution >= 0.6 is 0 Å². The number of benzene rings is 1. The molecule has 1 heterocycles. The maximum absolute atomic E-state index is 12.1. The van der Waals surface area contributed by atoms with Crippen molar-refractivity contribution < 1.29 is 22.4 Å². The molecule has 7 nitrogen and oxygen atoms in total.